The molecule has 1 fully saturated rings. The standard InChI is InChI=1S/C15H24N2O/c1-3-9-16-10-12-17(13-11-16)15(2,18)14-7-5-4-6-8-14/h4-8,18H,3,9-13H2,1-2H3. The Balaban J connectivity index is 2.00. The number of piperazine rings is 1. The van der Waals surface area contributed by atoms with Crippen molar-refractivity contribution in [2.24, 2.45) is 0 Å². The van der Waals surface area contributed by atoms with E-state index in [9.17, 15) is 5.11 Å². The molecule has 0 aliphatic carbocycles. The van der Waals surface area contributed by atoms with Crippen molar-refractivity contribution in [1.82, 2.24) is 9.80 Å². The lowest BCUT2D eigenvalue weighted by Gasteiger charge is -2.43. The van der Waals surface area contributed by atoms with Crippen LogP contribution in [0.1, 0.15) is 25.8 Å². The van der Waals surface area contributed by atoms with Crippen LogP contribution in [0.15, 0.2) is 30.3 Å². The average Bonchev–Trinajstić information content (AvgIpc) is 2.41. The summed E-state index contributed by atoms with van der Waals surface area (Å²) < 4.78 is 0. The molecule has 0 aromatic heterocycles. The SMILES string of the molecule is CCCN1CCN(C(C)(O)c2ccccc2)CC1. The number of rotatable bonds is 4. The van der Waals surface area contributed by atoms with Gasteiger partial charge in [-0.3, -0.25) is 4.90 Å². The van der Waals surface area contributed by atoms with Gasteiger partial charge in [0.25, 0.3) is 0 Å². The lowest BCUT2D eigenvalue weighted by Crippen LogP contribution is -2.54. The van der Waals surface area contributed by atoms with Gasteiger partial charge in [-0.1, -0.05) is 37.3 Å². The number of hydrogen-bond acceptors (Lipinski definition) is 3. The van der Waals surface area contributed by atoms with Crippen molar-refractivity contribution in [2.75, 3.05) is 32.7 Å². The van der Waals surface area contributed by atoms with E-state index in [1.54, 1.807) is 0 Å². The van der Waals surface area contributed by atoms with Gasteiger partial charge < -0.3 is 10.0 Å². The normalized spacial score (nSPS) is 21.7. The van der Waals surface area contributed by atoms with Crippen LogP contribution in [-0.2, 0) is 5.72 Å². The van der Waals surface area contributed by atoms with Crippen LogP contribution >= 0.6 is 0 Å². The number of nitrogens with zero attached hydrogens (tertiary/aromatic N) is 2. The van der Waals surface area contributed by atoms with E-state index in [0.29, 0.717) is 0 Å². The highest BCUT2D eigenvalue weighted by atomic mass is 16.3. The van der Waals surface area contributed by atoms with Crippen molar-refractivity contribution in [3.63, 3.8) is 0 Å². The first-order valence-corrected chi connectivity index (χ1v) is 6.90. The molecule has 3 nitrogen and oxygen atoms in total. The number of hydrogen-bond donors (Lipinski definition) is 1. The number of aliphatic hydroxyl groups is 1. The van der Waals surface area contributed by atoms with Gasteiger partial charge in [0.05, 0.1) is 0 Å². The van der Waals surface area contributed by atoms with Gasteiger partial charge in [0, 0.05) is 26.2 Å². The van der Waals surface area contributed by atoms with Crippen LogP contribution in [0.3, 0.4) is 0 Å². The third-order valence-electron chi connectivity index (χ3n) is 3.85. The minimum Gasteiger partial charge on any atom is -0.372 e. The van der Waals surface area contributed by atoms with Crippen LogP contribution in [0, 0.1) is 0 Å². The first-order valence-electron chi connectivity index (χ1n) is 6.90. The zero-order chi connectivity index (χ0) is 13.0. The zero-order valence-electron chi connectivity index (χ0n) is 11.5. The summed E-state index contributed by atoms with van der Waals surface area (Å²) in [6, 6.07) is 9.95. The molecule has 1 unspecified atom stereocenters. The van der Waals surface area contributed by atoms with E-state index in [0.717, 1.165) is 31.7 Å². The van der Waals surface area contributed by atoms with Gasteiger partial charge in [0.2, 0.25) is 0 Å². The Morgan fingerprint density at radius 3 is 2.28 bits per heavy atom. The largest absolute Gasteiger partial charge is 0.372 e. The molecule has 18 heavy (non-hydrogen) atoms. The molecule has 1 aliphatic rings. The summed E-state index contributed by atoms with van der Waals surface area (Å²) >= 11 is 0. The summed E-state index contributed by atoms with van der Waals surface area (Å²) in [6.45, 7) is 9.25. The molecule has 2 rings (SSSR count). The molecule has 1 N–H and O–H groups in total. The highest BCUT2D eigenvalue weighted by Gasteiger charge is 2.33. The topological polar surface area (TPSA) is 26.7 Å². The van der Waals surface area contributed by atoms with E-state index in [2.05, 4.69) is 16.7 Å². The maximum absolute atomic E-state index is 10.7. The minimum atomic E-state index is -0.848. The van der Waals surface area contributed by atoms with E-state index >= 15 is 0 Å². The summed E-state index contributed by atoms with van der Waals surface area (Å²) in [4.78, 5) is 4.64. The fraction of sp³-hybridized carbons (Fsp3) is 0.600. The summed E-state index contributed by atoms with van der Waals surface area (Å²) in [6.07, 6.45) is 1.20. The lowest BCUT2D eigenvalue weighted by atomic mass is 10.0. The second kappa shape index (κ2) is 5.83. The van der Waals surface area contributed by atoms with Gasteiger partial charge >= 0.3 is 0 Å². The van der Waals surface area contributed by atoms with Crippen LogP contribution in [0.25, 0.3) is 0 Å². The Labute approximate surface area is 110 Å². The molecule has 0 bridgehead atoms. The van der Waals surface area contributed by atoms with Crippen LogP contribution in [0.4, 0.5) is 0 Å². The van der Waals surface area contributed by atoms with E-state index in [4.69, 9.17) is 0 Å². The third kappa shape index (κ3) is 2.91. The maximum atomic E-state index is 10.7. The van der Waals surface area contributed by atoms with Crippen molar-refractivity contribution in [1.29, 1.82) is 0 Å². The van der Waals surface area contributed by atoms with Gasteiger partial charge in [-0.05, 0) is 25.5 Å². The fourth-order valence-electron chi connectivity index (χ4n) is 2.66. The van der Waals surface area contributed by atoms with Crippen LogP contribution < -0.4 is 0 Å². The van der Waals surface area contributed by atoms with Crippen molar-refractivity contribution >= 4 is 0 Å². The van der Waals surface area contributed by atoms with E-state index in [-0.39, 0.29) is 0 Å². The third-order valence-corrected chi connectivity index (χ3v) is 3.85. The summed E-state index contributed by atoms with van der Waals surface area (Å²) in [7, 11) is 0. The Morgan fingerprint density at radius 1 is 1.11 bits per heavy atom. The second-order valence-electron chi connectivity index (χ2n) is 5.22. The molecule has 1 atom stereocenters. The molecule has 1 aromatic rings. The van der Waals surface area contributed by atoms with Crippen molar-refractivity contribution in [3.8, 4) is 0 Å². The Bertz CT molecular complexity index is 356. The van der Waals surface area contributed by atoms with Gasteiger partial charge in [0.15, 0.2) is 0 Å². The van der Waals surface area contributed by atoms with Gasteiger partial charge in [-0.25, -0.2) is 0 Å². The second-order valence-corrected chi connectivity index (χ2v) is 5.22. The molecule has 1 aromatic carbocycles. The summed E-state index contributed by atoms with van der Waals surface area (Å²) in [5, 5.41) is 10.7. The lowest BCUT2D eigenvalue weighted by molar-refractivity contribution is -0.117. The molecular formula is C15H24N2O. The highest BCUT2D eigenvalue weighted by molar-refractivity contribution is 5.21. The first kappa shape index (κ1) is 13.5. The fourth-order valence-corrected chi connectivity index (χ4v) is 2.66. The molecule has 1 heterocycles. The monoisotopic (exact) mass is 248 g/mol. The zero-order valence-corrected chi connectivity index (χ0v) is 11.5. The average molecular weight is 248 g/mol. The van der Waals surface area contributed by atoms with Crippen LogP contribution in [0.2, 0.25) is 0 Å². The molecule has 3 heteroatoms. The predicted octanol–water partition coefficient (Wildman–Crippen LogP) is 1.88. The van der Waals surface area contributed by atoms with Crippen LogP contribution in [-0.4, -0.2) is 47.6 Å². The van der Waals surface area contributed by atoms with Gasteiger partial charge in [0.1, 0.15) is 5.72 Å². The molecule has 0 saturated carbocycles. The van der Waals surface area contributed by atoms with Crippen molar-refractivity contribution in [2.45, 2.75) is 26.0 Å². The Hall–Kier alpha value is -0.900. The van der Waals surface area contributed by atoms with E-state index < -0.39 is 5.72 Å². The van der Waals surface area contributed by atoms with E-state index in [1.807, 2.05) is 37.3 Å². The molecular weight excluding hydrogens is 224 g/mol. The Morgan fingerprint density at radius 2 is 1.72 bits per heavy atom. The maximum Gasteiger partial charge on any atom is 0.141 e. The molecule has 0 radical (unpaired) electrons. The molecule has 1 aliphatic heterocycles. The molecule has 1 saturated heterocycles. The first-order chi connectivity index (χ1) is 8.64. The number of benzene rings is 1. The Kier molecular flexibility index (Phi) is 4.38. The predicted molar refractivity (Wildman–Crippen MR) is 74.3 cm³/mol. The summed E-state index contributed by atoms with van der Waals surface area (Å²) in [5.41, 5.74) is 0.133. The molecule has 100 valence electrons. The van der Waals surface area contributed by atoms with E-state index in [1.165, 1.54) is 13.0 Å². The van der Waals surface area contributed by atoms with Crippen molar-refractivity contribution in [3.05, 3.63) is 35.9 Å². The van der Waals surface area contributed by atoms with Crippen molar-refractivity contribution < 1.29 is 5.11 Å². The molecule has 0 spiro atoms. The van der Waals surface area contributed by atoms with Gasteiger partial charge in [-0.15, -0.1) is 0 Å². The smallest absolute Gasteiger partial charge is 0.141 e. The molecule has 0 amide bonds. The van der Waals surface area contributed by atoms with Gasteiger partial charge in [-0.2, -0.15) is 0 Å². The van der Waals surface area contributed by atoms with Crippen LogP contribution in [0.5, 0.6) is 0 Å². The summed E-state index contributed by atoms with van der Waals surface area (Å²) in [5.74, 6) is 0. The quantitative estimate of drug-likeness (QED) is 0.881. The minimum absolute atomic E-state index is 0.848. The highest BCUT2D eigenvalue weighted by Crippen LogP contribution is 2.26.